The number of hydrogen-bond donors (Lipinski definition) is 0. The van der Waals surface area contributed by atoms with Gasteiger partial charge in [0.2, 0.25) is 17.6 Å². The molecular formula is C28H36N4O3. The summed E-state index contributed by atoms with van der Waals surface area (Å²) in [6, 6.07) is 16.2. The van der Waals surface area contributed by atoms with E-state index in [0.29, 0.717) is 31.3 Å². The molecule has 0 saturated carbocycles. The highest BCUT2D eigenvalue weighted by atomic mass is 16.5. The molecule has 35 heavy (non-hydrogen) atoms. The second-order valence-corrected chi connectivity index (χ2v) is 10.5. The summed E-state index contributed by atoms with van der Waals surface area (Å²) in [7, 11) is 3.53. The van der Waals surface area contributed by atoms with Gasteiger partial charge in [0.1, 0.15) is 5.75 Å². The second-order valence-electron chi connectivity index (χ2n) is 10.5. The van der Waals surface area contributed by atoms with Crippen LogP contribution in [0, 0.1) is 5.92 Å². The molecule has 1 saturated heterocycles. The van der Waals surface area contributed by atoms with Crippen molar-refractivity contribution < 1.29 is 14.1 Å². The number of methoxy groups -OCH3 is 1. The highest BCUT2D eigenvalue weighted by molar-refractivity contribution is 5.79. The summed E-state index contributed by atoms with van der Waals surface area (Å²) in [6.07, 6.45) is 1.87. The van der Waals surface area contributed by atoms with Crippen LogP contribution < -0.4 is 4.74 Å². The van der Waals surface area contributed by atoms with Crippen molar-refractivity contribution in [2.75, 3.05) is 27.2 Å². The number of hydrogen-bond acceptors (Lipinski definition) is 6. The van der Waals surface area contributed by atoms with Crippen molar-refractivity contribution in [1.82, 2.24) is 19.9 Å². The number of carbonyl (C=O) groups is 1. The molecule has 0 aliphatic carbocycles. The molecule has 0 spiro atoms. The molecule has 0 radical (unpaired) electrons. The van der Waals surface area contributed by atoms with Gasteiger partial charge in [0.15, 0.2) is 0 Å². The Balaban J connectivity index is 1.33. The molecule has 2 heterocycles. The molecule has 7 nitrogen and oxygen atoms in total. The fourth-order valence-electron chi connectivity index (χ4n) is 4.54. The number of nitrogens with zero attached hydrogens (tertiary/aromatic N) is 4. The fourth-order valence-corrected chi connectivity index (χ4v) is 4.54. The monoisotopic (exact) mass is 476 g/mol. The minimum Gasteiger partial charge on any atom is -0.497 e. The minimum absolute atomic E-state index is 0.0284. The third kappa shape index (κ3) is 6.28. The van der Waals surface area contributed by atoms with Crippen molar-refractivity contribution in [3.8, 4) is 17.1 Å². The van der Waals surface area contributed by atoms with Crippen molar-refractivity contribution in [3.05, 3.63) is 65.5 Å². The van der Waals surface area contributed by atoms with E-state index in [0.717, 1.165) is 36.3 Å². The highest BCUT2D eigenvalue weighted by Crippen LogP contribution is 2.26. The number of benzene rings is 2. The number of likely N-dealkylation sites (tertiary alicyclic amines) is 1. The predicted octanol–water partition coefficient (Wildman–Crippen LogP) is 4.91. The molecule has 0 bridgehead atoms. The Bertz CT molecular complexity index is 1120. The zero-order valence-electron chi connectivity index (χ0n) is 21.5. The average Bonchev–Trinajstić information content (AvgIpc) is 3.32. The molecule has 1 aliphatic heterocycles. The van der Waals surface area contributed by atoms with Crippen LogP contribution in [-0.2, 0) is 23.3 Å². The molecule has 1 aliphatic rings. The van der Waals surface area contributed by atoms with E-state index in [2.05, 4.69) is 47.9 Å². The van der Waals surface area contributed by atoms with E-state index in [9.17, 15) is 4.79 Å². The maximum Gasteiger partial charge on any atom is 0.241 e. The normalized spacial score (nSPS) is 16.8. The number of amides is 1. The van der Waals surface area contributed by atoms with E-state index in [-0.39, 0.29) is 17.2 Å². The van der Waals surface area contributed by atoms with Crippen molar-refractivity contribution in [2.45, 2.75) is 52.1 Å². The molecule has 2 aromatic carbocycles. The largest absolute Gasteiger partial charge is 0.497 e. The van der Waals surface area contributed by atoms with E-state index in [1.165, 1.54) is 5.56 Å². The third-order valence-electron chi connectivity index (χ3n) is 6.65. The summed E-state index contributed by atoms with van der Waals surface area (Å²) in [5.41, 5.74) is 3.40. The van der Waals surface area contributed by atoms with Gasteiger partial charge in [-0.15, -0.1) is 0 Å². The molecule has 1 aromatic heterocycles. The van der Waals surface area contributed by atoms with Crippen LogP contribution in [0.2, 0.25) is 0 Å². The van der Waals surface area contributed by atoms with E-state index >= 15 is 0 Å². The maximum atomic E-state index is 13.1. The van der Waals surface area contributed by atoms with Crippen molar-refractivity contribution in [1.29, 1.82) is 0 Å². The first-order valence-corrected chi connectivity index (χ1v) is 12.3. The zero-order chi connectivity index (χ0) is 25.0. The Kier molecular flexibility index (Phi) is 7.55. The lowest BCUT2D eigenvalue weighted by molar-refractivity contribution is -0.136. The SMILES string of the molecule is COc1ccc(CN(C)C(=O)C2CCCN(Cc3nc(-c4ccc(C(C)(C)C)cc4)no3)C2)cc1. The standard InChI is InChI=1S/C28H36N4O3/c1-28(2,3)23-12-10-21(11-13-23)26-29-25(35-30-26)19-32-16-6-7-22(18-32)27(33)31(4)17-20-8-14-24(34-5)15-9-20/h8-15,22H,6-7,16-19H2,1-5H3. The van der Waals surface area contributed by atoms with E-state index < -0.39 is 0 Å². The van der Waals surface area contributed by atoms with Crippen LogP contribution >= 0.6 is 0 Å². The Labute approximate surface area is 208 Å². The quantitative estimate of drug-likeness (QED) is 0.482. The Hall–Kier alpha value is -3.19. The van der Waals surface area contributed by atoms with Crippen LogP contribution in [0.5, 0.6) is 5.75 Å². The molecule has 1 atom stereocenters. The molecule has 1 unspecified atom stereocenters. The molecule has 0 N–H and O–H groups in total. The van der Waals surface area contributed by atoms with Gasteiger partial charge in [-0.3, -0.25) is 9.69 Å². The van der Waals surface area contributed by atoms with Crippen molar-refractivity contribution in [2.24, 2.45) is 5.92 Å². The summed E-state index contributed by atoms with van der Waals surface area (Å²) in [5, 5.41) is 4.19. The third-order valence-corrected chi connectivity index (χ3v) is 6.65. The van der Waals surface area contributed by atoms with Gasteiger partial charge in [0.25, 0.3) is 0 Å². The van der Waals surface area contributed by atoms with E-state index in [1.807, 2.05) is 48.3 Å². The molecule has 1 amide bonds. The van der Waals surface area contributed by atoms with Crippen LogP contribution in [0.4, 0.5) is 0 Å². The van der Waals surface area contributed by atoms with Crippen LogP contribution in [0.1, 0.15) is 50.6 Å². The van der Waals surface area contributed by atoms with Crippen molar-refractivity contribution >= 4 is 5.91 Å². The van der Waals surface area contributed by atoms with Crippen LogP contribution in [0.25, 0.3) is 11.4 Å². The first-order chi connectivity index (χ1) is 16.7. The Morgan fingerprint density at radius 3 is 2.51 bits per heavy atom. The summed E-state index contributed by atoms with van der Waals surface area (Å²) in [5.74, 6) is 2.15. The molecular weight excluding hydrogens is 440 g/mol. The predicted molar refractivity (Wildman–Crippen MR) is 136 cm³/mol. The van der Waals surface area contributed by atoms with Crippen LogP contribution in [0.3, 0.4) is 0 Å². The lowest BCUT2D eigenvalue weighted by Crippen LogP contribution is -2.43. The molecule has 1 fully saturated rings. The Morgan fingerprint density at radius 2 is 1.86 bits per heavy atom. The van der Waals surface area contributed by atoms with Crippen LogP contribution in [0.15, 0.2) is 53.1 Å². The lowest BCUT2D eigenvalue weighted by Gasteiger charge is -2.33. The minimum atomic E-state index is -0.0284. The van der Waals surface area contributed by atoms with Gasteiger partial charge < -0.3 is 14.2 Å². The summed E-state index contributed by atoms with van der Waals surface area (Å²) in [6.45, 7) is 9.35. The number of piperidine rings is 1. The number of ether oxygens (including phenoxy) is 1. The molecule has 3 aromatic rings. The first kappa shape index (κ1) is 24.9. The van der Waals surface area contributed by atoms with Gasteiger partial charge in [-0.1, -0.05) is 62.3 Å². The number of aromatic nitrogens is 2. The molecule has 4 rings (SSSR count). The summed E-state index contributed by atoms with van der Waals surface area (Å²) >= 11 is 0. The van der Waals surface area contributed by atoms with Gasteiger partial charge in [0, 0.05) is 25.7 Å². The van der Waals surface area contributed by atoms with Gasteiger partial charge in [0.05, 0.1) is 19.6 Å². The first-order valence-electron chi connectivity index (χ1n) is 12.3. The molecule has 186 valence electrons. The van der Waals surface area contributed by atoms with Crippen molar-refractivity contribution in [3.63, 3.8) is 0 Å². The van der Waals surface area contributed by atoms with Gasteiger partial charge in [-0.05, 0) is 48.1 Å². The fraction of sp³-hybridized carbons (Fsp3) is 0.464. The second kappa shape index (κ2) is 10.6. The van der Waals surface area contributed by atoms with E-state index in [1.54, 1.807) is 7.11 Å². The maximum absolute atomic E-state index is 13.1. The summed E-state index contributed by atoms with van der Waals surface area (Å²) in [4.78, 5) is 21.8. The van der Waals surface area contributed by atoms with E-state index in [4.69, 9.17) is 9.26 Å². The molecule has 7 heteroatoms. The van der Waals surface area contributed by atoms with Gasteiger partial charge >= 0.3 is 0 Å². The zero-order valence-corrected chi connectivity index (χ0v) is 21.5. The van der Waals surface area contributed by atoms with Gasteiger partial charge in [-0.25, -0.2) is 0 Å². The topological polar surface area (TPSA) is 71.7 Å². The highest BCUT2D eigenvalue weighted by Gasteiger charge is 2.29. The Morgan fingerprint density at radius 1 is 1.14 bits per heavy atom. The summed E-state index contributed by atoms with van der Waals surface area (Å²) < 4.78 is 10.8. The van der Waals surface area contributed by atoms with Crippen LogP contribution in [-0.4, -0.2) is 53.1 Å². The lowest BCUT2D eigenvalue weighted by atomic mass is 9.87. The average molecular weight is 477 g/mol. The smallest absolute Gasteiger partial charge is 0.241 e. The van der Waals surface area contributed by atoms with Gasteiger partial charge in [-0.2, -0.15) is 4.98 Å². The number of carbonyl (C=O) groups excluding carboxylic acids is 1. The number of rotatable bonds is 7.